The van der Waals surface area contributed by atoms with E-state index >= 15 is 0 Å². The van der Waals surface area contributed by atoms with Gasteiger partial charge in [0, 0.05) is 137 Å². The summed E-state index contributed by atoms with van der Waals surface area (Å²) >= 11 is 0. The molecule has 0 amide bonds. The molecular weight excluding hydrogens is 347 g/mol. The molecule has 5 heavy (non-hydrogen) atoms. The monoisotopic (exact) mass is 347 g/mol. The average Bonchev–Trinajstić information content (AvgIpc) is 0. The third-order valence-electron chi connectivity index (χ3n) is 0. The molecule has 0 aromatic rings. The molecule has 0 aliphatic heterocycles. The molecule has 0 aromatic carbocycles. The SMILES string of the molecule is [Ba].[Ca].[Fe].[Mn].[Ni]. The van der Waals surface area contributed by atoms with Crippen LogP contribution in [0.5, 0.6) is 0 Å². The zero-order chi connectivity index (χ0) is 0. The predicted octanol–water partition coefficient (Wildman–Crippen LogP) is -0.769. The Morgan fingerprint density at radius 2 is 1.00 bits per heavy atom. The Hall–Kier alpha value is 4.36. The van der Waals surface area contributed by atoms with Gasteiger partial charge in [0.1, 0.15) is 0 Å². The summed E-state index contributed by atoms with van der Waals surface area (Å²) in [5.41, 5.74) is 0. The van der Waals surface area contributed by atoms with Crippen molar-refractivity contribution in [2.45, 2.75) is 0 Å². The van der Waals surface area contributed by atoms with Crippen LogP contribution in [0, 0.1) is 0 Å². The maximum Gasteiger partial charge on any atom is 0 e. The fourth-order valence-corrected chi connectivity index (χ4v) is 0. The first kappa shape index (κ1) is 34.4. The zero-order valence-corrected chi connectivity index (χ0v) is 12.4. The molecule has 5 radical (unpaired) electrons. The topological polar surface area (TPSA) is 0 Å². The van der Waals surface area contributed by atoms with Crippen molar-refractivity contribution >= 4 is 86.6 Å². The summed E-state index contributed by atoms with van der Waals surface area (Å²) < 4.78 is 0. The van der Waals surface area contributed by atoms with Gasteiger partial charge in [-0.15, -0.1) is 0 Å². The molecule has 0 unspecified atom stereocenters. The molecule has 29 valence electrons. The van der Waals surface area contributed by atoms with Crippen LogP contribution in [-0.2, 0) is 50.6 Å². The normalized spacial score (nSPS) is 0. The molecule has 0 saturated heterocycles. The van der Waals surface area contributed by atoms with Crippen LogP contribution in [-0.4, -0.2) is 86.6 Å². The first-order chi connectivity index (χ1) is 0. The standard InChI is InChI=1S/Ba.Ca.Fe.Mn.Ni. The minimum absolute atomic E-state index is 0. The van der Waals surface area contributed by atoms with Crippen molar-refractivity contribution in [3.63, 3.8) is 0 Å². The third kappa shape index (κ3) is 17.8. The van der Waals surface area contributed by atoms with Gasteiger partial charge in [-0.2, -0.15) is 0 Å². The van der Waals surface area contributed by atoms with Gasteiger partial charge < -0.3 is 0 Å². The number of hydrogen-bond donors (Lipinski definition) is 0. The minimum Gasteiger partial charge on any atom is 0 e. The molecule has 0 bridgehead atoms. The predicted molar refractivity (Wildman–Crippen MR) is 11.5 cm³/mol. The fourth-order valence-electron chi connectivity index (χ4n) is 0. The van der Waals surface area contributed by atoms with Crippen LogP contribution in [0.1, 0.15) is 0 Å². The van der Waals surface area contributed by atoms with Gasteiger partial charge >= 0.3 is 0 Å². The largest absolute Gasteiger partial charge is 0 e. The van der Waals surface area contributed by atoms with Crippen LogP contribution >= 0.6 is 0 Å². The van der Waals surface area contributed by atoms with E-state index in [-0.39, 0.29) is 137 Å². The molecule has 0 nitrogen and oxygen atoms in total. The molecule has 0 fully saturated rings. The van der Waals surface area contributed by atoms with E-state index in [2.05, 4.69) is 0 Å². The molecular formula is BaCaFeMnNi. The summed E-state index contributed by atoms with van der Waals surface area (Å²) in [5.74, 6) is 0. The smallest absolute Gasteiger partial charge is 0 e. The Labute approximate surface area is 133 Å². The van der Waals surface area contributed by atoms with Crippen LogP contribution in [0.2, 0.25) is 0 Å². The van der Waals surface area contributed by atoms with E-state index in [0.717, 1.165) is 0 Å². The van der Waals surface area contributed by atoms with E-state index in [9.17, 15) is 0 Å². The summed E-state index contributed by atoms with van der Waals surface area (Å²) in [5, 5.41) is 0. The molecule has 0 saturated carbocycles. The van der Waals surface area contributed by atoms with Crippen LogP contribution in [0.4, 0.5) is 0 Å². The van der Waals surface area contributed by atoms with Gasteiger partial charge in [-0.3, -0.25) is 0 Å². The molecule has 0 N–H and O–H groups in total. The maximum absolute atomic E-state index is 0. The van der Waals surface area contributed by atoms with Crippen LogP contribution < -0.4 is 0 Å². The van der Waals surface area contributed by atoms with E-state index in [4.69, 9.17) is 0 Å². The van der Waals surface area contributed by atoms with Crippen LogP contribution in [0.15, 0.2) is 0 Å². The number of hydrogen-bond acceptors (Lipinski definition) is 0. The van der Waals surface area contributed by atoms with Gasteiger partial charge in [0.05, 0.1) is 0 Å². The number of rotatable bonds is 0. The van der Waals surface area contributed by atoms with Crippen molar-refractivity contribution < 1.29 is 50.6 Å². The maximum atomic E-state index is 0. The summed E-state index contributed by atoms with van der Waals surface area (Å²) in [6, 6.07) is 0. The quantitative estimate of drug-likeness (QED) is 0.505. The van der Waals surface area contributed by atoms with Gasteiger partial charge in [-0.1, -0.05) is 0 Å². The Morgan fingerprint density at radius 1 is 1.00 bits per heavy atom. The molecule has 0 aliphatic carbocycles. The fraction of sp³-hybridized carbons (Fsp3) is 0. The summed E-state index contributed by atoms with van der Waals surface area (Å²) in [6.45, 7) is 0. The molecule has 0 rings (SSSR count). The molecule has 5 heteroatoms. The van der Waals surface area contributed by atoms with Crippen LogP contribution in [0.25, 0.3) is 0 Å². The van der Waals surface area contributed by atoms with Gasteiger partial charge in [0.15, 0.2) is 0 Å². The Kier molecular flexibility index (Phi) is 164. The van der Waals surface area contributed by atoms with Crippen molar-refractivity contribution in [3.05, 3.63) is 0 Å². The Balaban J connectivity index is 0. The summed E-state index contributed by atoms with van der Waals surface area (Å²) in [4.78, 5) is 0. The molecule has 0 aromatic heterocycles. The molecule has 0 aliphatic rings. The molecule has 0 heterocycles. The second-order valence-corrected chi connectivity index (χ2v) is 0. The van der Waals surface area contributed by atoms with E-state index in [1.807, 2.05) is 0 Å². The zero-order valence-electron chi connectivity index (χ0n) is 2.46. The van der Waals surface area contributed by atoms with E-state index < -0.39 is 0 Å². The molecule has 0 spiro atoms. The summed E-state index contributed by atoms with van der Waals surface area (Å²) in [7, 11) is 0. The first-order valence-electron chi connectivity index (χ1n) is 0. The first-order valence-corrected chi connectivity index (χ1v) is 0. The van der Waals surface area contributed by atoms with Gasteiger partial charge in [-0.25, -0.2) is 0 Å². The Morgan fingerprint density at radius 3 is 1.00 bits per heavy atom. The van der Waals surface area contributed by atoms with Crippen molar-refractivity contribution in [1.82, 2.24) is 0 Å². The Bertz CT molecular complexity index is 11.6. The third-order valence-corrected chi connectivity index (χ3v) is 0. The van der Waals surface area contributed by atoms with Crippen molar-refractivity contribution in [1.29, 1.82) is 0 Å². The van der Waals surface area contributed by atoms with Crippen LogP contribution in [0.3, 0.4) is 0 Å². The van der Waals surface area contributed by atoms with Crippen molar-refractivity contribution in [2.75, 3.05) is 0 Å². The minimum atomic E-state index is 0. The van der Waals surface area contributed by atoms with E-state index in [1.165, 1.54) is 0 Å². The summed E-state index contributed by atoms with van der Waals surface area (Å²) in [6.07, 6.45) is 0. The van der Waals surface area contributed by atoms with Crippen molar-refractivity contribution in [2.24, 2.45) is 0 Å². The van der Waals surface area contributed by atoms with E-state index in [1.54, 1.807) is 0 Å². The van der Waals surface area contributed by atoms with E-state index in [0.29, 0.717) is 0 Å². The van der Waals surface area contributed by atoms with Crippen molar-refractivity contribution in [3.8, 4) is 0 Å². The average molecular weight is 347 g/mol. The van der Waals surface area contributed by atoms with Gasteiger partial charge in [0.25, 0.3) is 0 Å². The second kappa shape index (κ2) is 23.8. The van der Waals surface area contributed by atoms with Gasteiger partial charge in [-0.05, 0) is 0 Å². The second-order valence-electron chi connectivity index (χ2n) is 0. The molecule has 0 atom stereocenters. The van der Waals surface area contributed by atoms with Gasteiger partial charge in [0.2, 0.25) is 0 Å².